The Hall–Kier alpha value is -1.92. The number of carboxylic acid groups (broad SMARTS) is 1. The van der Waals surface area contributed by atoms with Gasteiger partial charge in [-0.1, -0.05) is 12.1 Å². The average molecular weight is 321 g/mol. The van der Waals surface area contributed by atoms with E-state index in [1.54, 1.807) is 12.1 Å². The van der Waals surface area contributed by atoms with Gasteiger partial charge in [0.1, 0.15) is 0 Å². The molecule has 0 saturated carbocycles. The molecule has 0 radical (unpaired) electrons. The summed E-state index contributed by atoms with van der Waals surface area (Å²) in [6.45, 7) is 3.55. The van der Waals surface area contributed by atoms with E-state index < -0.39 is 5.97 Å². The van der Waals surface area contributed by atoms with Crippen molar-refractivity contribution in [3.63, 3.8) is 0 Å². The zero-order valence-corrected chi connectivity index (χ0v) is 13.1. The maximum absolute atomic E-state index is 11.8. The number of amides is 1. The molecule has 1 heterocycles. The summed E-state index contributed by atoms with van der Waals surface area (Å²) in [7, 11) is 0. The fourth-order valence-electron chi connectivity index (χ4n) is 2.38. The second kappa shape index (κ2) is 9.27. The van der Waals surface area contributed by atoms with Crippen LogP contribution in [0.5, 0.6) is 0 Å². The predicted octanol–water partition coefficient (Wildman–Crippen LogP) is 1.49. The van der Waals surface area contributed by atoms with Gasteiger partial charge in [0.2, 0.25) is 5.91 Å². The molecule has 1 aliphatic heterocycles. The molecule has 1 amide bonds. The molecule has 1 fully saturated rings. The number of ether oxygens (including phenoxy) is 2. The van der Waals surface area contributed by atoms with Crippen molar-refractivity contribution < 1.29 is 24.2 Å². The fraction of sp³-hybridized carbons (Fsp3) is 0.529. The van der Waals surface area contributed by atoms with Crippen molar-refractivity contribution in [2.24, 2.45) is 5.92 Å². The average Bonchev–Trinajstić information content (AvgIpc) is 3.04. The van der Waals surface area contributed by atoms with Crippen molar-refractivity contribution in [2.45, 2.75) is 19.3 Å². The zero-order chi connectivity index (χ0) is 16.5. The van der Waals surface area contributed by atoms with Crippen LogP contribution in [-0.4, -0.2) is 50.0 Å². The lowest BCUT2D eigenvalue weighted by Gasteiger charge is -2.09. The minimum Gasteiger partial charge on any atom is -0.478 e. The Morgan fingerprint density at radius 3 is 2.74 bits per heavy atom. The maximum atomic E-state index is 11.8. The highest BCUT2D eigenvalue weighted by atomic mass is 16.5. The van der Waals surface area contributed by atoms with E-state index in [2.05, 4.69) is 5.32 Å². The Balaban J connectivity index is 1.55. The van der Waals surface area contributed by atoms with Crippen LogP contribution in [-0.2, 0) is 20.7 Å². The lowest BCUT2D eigenvalue weighted by Crippen LogP contribution is -2.27. The molecule has 1 aromatic rings. The summed E-state index contributed by atoms with van der Waals surface area (Å²) in [6, 6.07) is 6.34. The molecule has 6 heteroatoms. The Morgan fingerprint density at radius 2 is 2.09 bits per heavy atom. The molecule has 0 aliphatic carbocycles. The van der Waals surface area contributed by atoms with Gasteiger partial charge in [0, 0.05) is 25.7 Å². The lowest BCUT2D eigenvalue weighted by molar-refractivity contribution is -0.120. The van der Waals surface area contributed by atoms with E-state index in [1.807, 2.05) is 0 Å². The number of hydrogen-bond donors (Lipinski definition) is 2. The van der Waals surface area contributed by atoms with Gasteiger partial charge in [0.25, 0.3) is 0 Å². The molecule has 0 bridgehead atoms. The minimum atomic E-state index is -0.967. The van der Waals surface area contributed by atoms with Gasteiger partial charge in [-0.3, -0.25) is 4.79 Å². The van der Waals surface area contributed by atoms with E-state index in [1.165, 1.54) is 12.1 Å². The van der Waals surface area contributed by atoms with Crippen molar-refractivity contribution in [2.75, 3.05) is 33.0 Å². The molecule has 6 nitrogen and oxygen atoms in total. The third-order valence-corrected chi connectivity index (χ3v) is 3.73. The molecule has 2 rings (SSSR count). The molecular formula is C17H23NO5. The summed E-state index contributed by atoms with van der Waals surface area (Å²) >= 11 is 0. The fourth-order valence-corrected chi connectivity index (χ4v) is 2.38. The van der Waals surface area contributed by atoms with Crippen LogP contribution in [0.1, 0.15) is 28.8 Å². The van der Waals surface area contributed by atoms with Crippen molar-refractivity contribution in [3.05, 3.63) is 35.4 Å². The van der Waals surface area contributed by atoms with Crippen molar-refractivity contribution in [1.82, 2.24) is 5.32 Å². The number of carboxylic acids is 1. The van der Waals surface area contributed by atoms with E-state index in [4.69, 9.17) is 14.6 Å². The van der Waals surface area contributed by atoms with Gasteiger partial charge in [0.15, 0.2) is 0 Å². The quantitative estimate of drug-likeness (QED) is 0.673. The summed E-state index contributed by atoms with van der Waals surface area (Å²) in [5.74, 6) is -0.527. The van der Waals surface area contributed by atoms with Crippen LogP contribution >= 0.6 is 0 Å². The number of carbonyl (C=O) groups is 2. The molecule has 1 atom stereocenters. The highest BCUT2D eigenvalue weighted by Gasteiger charge is 2.15. The molecule has 1 aliphatic rings. The molecular weight excluding hydrogens is 298 g/mol. The minimum absolute atomic E-state index is 0.0720. The summed E-state index contributed by atoms with van der Waals surface area (Å²) in [4.78, 5) is 22.5. The second-order valence-corrected chi connectivity index (χ2v) is 5.69. The Bertz CT molecular complexity index is 508. The molecule has 0 spiro atoms. The van der Waals surface area contributed by atoms with Crippen molar-refractivity contribution >= 4 is 11.9 Å². The number of nitrogens with one attached hydrogen (secondary N) is 1. The van der Waals surface area contributed by atoms with Crippen LogP contribution in [0.15, 0.2) is 24.3 Å². The first kappa shape index (κ1) is 17.4. The third-order valence-electron chi connectivity index (χ3n) is 3.73. The number of carbonyl (C=O) groups excluding carboxylic acids is 1. The van der Waals surface area contributed by atoms with Gasteiger partial charge in [-0.05, 0) is 30.5 Å². The first-order valence-electron chi connectivity index (χ1n) is 7.89. The van der Waals surface area contributed by atoms with E-state index in [0.29, 0.717) is 19.1 Å². The largest absolute Gasteiger partial charge is 0.478 e. The number of aromatic carboxylic acids is 1. The van der Waals surface area contributed by atoms with Crippen LogP contribution in [0, 0.1) is 5.92 Å². The van der Waals surface area contributed by atoms with Crippen LogP contribution in [0.25, 0.3) is 0 Å². The third kappa shape index (κ3) is 6.38. The van der Waals surface area contributed by atoms with Gasteiger partial charge in [-0.15, -0.1) is 0 Å². The smallest absolute Gasteiger partial charge is 0.335 e. The first-order valence-corrected chi connectivity index (χ1v) is 7.89. The van der Waals surface area contributed by atoms with Crippen molar-refractivity contribution in [1.29, 1.82) is 0 Å². The molecule has 2 N–H and O–H groups in total. The number of rotatable bonds is 9. The molecule has 1 unspecified atom stereocenters. The van der Waals surface area contributed by atoms with Crippen LogP contribution in [0.2, 0.25) is 0 Å². The van der Waals surface area contributed by atoms with Crippen LogP contribution < -0.4 is 5.32 Å². The zero-order valence-electron chi connectivity index (χ0n) is 13.1. The summed E-state index contributed by atoms with van der Waals surface area (Å²) in [5, 5.41) is 11.7. The predicted molar refractivity (Wildman–Crippen MR) is 84.5 cm³/mol. The number of benzene rings is 1. The van der Waals surface area contributed by atoms with Gasteiger partial charge in [-0.2, -0.15) is 0 Å². The highest BCUT2D eigenvalue weighted by molar-refractivity contribution is 5.87. The topological polar surface area (TPSA) is 84.9 Å². The molecule has 126 valence electrons. The van der Waals surface area contributed by atoms with E-state index in [9.17, 15) is 9.59 Å². The summed E-state index contributed by atoms with van der Waals surface area (Å²) in [5.41, 5.74) is 1.02. The molecule has 23 heavy (non-hydrogen) atoms. The van der Waals surface area contributed by atoms with E-state index >= 15 is 0 Å². The van der Waals surface area contributed by atoms with Crippen LogP contribution in [0.4, 0.5) is 0 Å². The van der Waals surface area contributed by atoms with Gasteiger partial charge < -0.3 is 19.9 Å². The van der Waals surface area contributed by atoms with E-state index in [-0.39, 0.29) is 17.9 Å². The second-order valence-electron chi connectivity index (χ2n) is 5.69. The lowest BCUT2D eigenvalue weighted by atomic mass is 10.1. The first-order chi connectivity index (χ1) is 11.1. The van der Waals surface area contributed by atoms with Gasteiger partial charge in [0.05, 0.1) is 25.2 Å². The Morgan fingerprint density at radius 1 is 1.30 bits per heavy atom. The molecule has 1 saturated heterocycles. The molecule has 1 aromatic carbocycles. The van der Waals surface area contributed by atoms with Gasteiger partial charge in [-0.25, -0.2) is 4.79 Å². The number of hydrogen-bond acceptors (Lipinski definition) is 4. The summed E-state index contributed by atoms with van der Waals surface area (Å²) < 4.78 is 10.8. The van der Waals surface area contributed by atoms with E-state index in [0.717, 1.165) is 38.2 Å². The maximum Gasteiger partial charge on any atom is 0.335 e. The highest BCUT2D eigenvalue weighted by Crippen LogP contribution is 2.12. The normalized spacial score (nSPS) is 17.1. The van der Waals surface area contributed by atoms with Crippen molar-refractivity contribution in [3.8, 4) is 0 Å². The standard InChI is InChI=1S/C17H23NO5/c19-16(10-13-2-4-15(5-3-13)17(20)21)18-7-1-8-22-11-14-6-9-23-12-14/h2-5,14H,1,6-12H2,(H,18,19)(H,20,21). The monoisotopic (exact) mass is 321 g/mol. The SMILES string of the molecule is O=C(Cc1ccc(C(=O)O)cc1)NCCCOCC1CCOC1. The Kier molecular flexibility index (Phi) is 7.03. The van der Waals surface area contributed by atoms with Crippen LogP contribution in [0.3, 0.4) is 0 Å². The molecule has 0 aromatic heterocycles. The van der Waals surface area contributed by atoms with Gasteiger partial charge >= 0.3 is 5.97 Å². The summed E-state index contributed by atoms with van der Waals surface area (Å²) in [6.07, 6.45) is 2.09. The Labute approximate surface area is 135 Å².